The highest BCUT2D eigenvalue weighted by molar-refractivity contribution is 6.20. The molecular formula is C33H30N4O4. The summed E-state index contributed by atoms with van der Waals surface area (Å²) in [7, 11) is 1.66. The number of para-hydroxylation sites is 2. The maximum absolute atomic E-state index is 13.4. The van der Waals surface area contributed by atoms with E-state index in [1.165, 1.54) is 4.90 Å². The summed E-state index contributed by atoms with van der Waals surface area (Å²) in [6.07, 6.45) is -1.08. The van der Waals surface area contributed by atoms with E-state index in [0.717, 1.165) is 22.4 Å². The lowest BCUT2D eigenvalue weighted by atomic mass is 10.0. The Morgan fingerprint density at radius 2 is 1.46 bits per heavy atom. The van der Waals surface area contributed by atoms with Crippen LogP contribution < -0.4 is 20.3 Å². The predicted molar refractivity (Wildman–Crippen MR) is 158 cm³/mol. The summed E-state index contributed by atoms with van der Waals surface area (Å²) >= 11 is 0. The van der Waals surface area contributed by atoms with Crippen LogP contribution in [-0.2, 0) is 20.8 Å². The Balaban J connectivity index is 1.24. The Labute approximate surface area is 238 Å². The molecule has 1 aliphatic heterocycles. The van der Waals surface area contributed by atoms with Gasteiger partial charge in [0.15, 0.2) is 0 Å². The maximum Gasteiger partial charge on any atom is 0.272 e. The summed E-state index contributed by atoms with van der Waals surface area (Å²) in [5, 5.41) is 5.44. The van der Waals surface area contributed by atoms with Crippen LogP contribution >= 0.6 is 0 Å². The third-order valence-electron chi connectivity index (χ3n) is 6.71. The van der Waals surface area contributed by atoms with E-state index in [-0.39, 0.29) is 18.2 Å². The number of rotatable bonds is 8. The smallest absolute Gasteiger partial charge is 0.272 e. The summed E-state index contributed by atoms with van der Waals surface area (Å²) in [4.78, 5) is 45.4. The monoisotopic (exact) mass is 546 g/mol. The summed E-state index contributed by atoms with van der Waals surface area (Å²) in [5.74, 6) is 0.158. The van der Waals surface area contributed by atoms with Gasteiger partial charge in [-0.25, -0.2) is 4.99 Å². The number of nitrogens with one attached hydrogen (secondary N) is 2. The van der Waals surface area contributed by atoms with Crippen LogP contribution in [0.5, 0.6) is 11.5 Å². The molecule has 0 saturated carbocycles. The molecule has 41 heavy (non-hydrogen) atoms. The van der Waals surface area contributed by atoms with E-state index in [0.29, 0.717) is 17.1 Å². The molecule has 3 amide bonds. The molecule has 1 unspecified atom stereocenters. The van der Waals surface area contributed by atoms with Crippen LogP contribution in [0.25, 0.3) is 0 Å². The molecule has 2 atom stereocenters. The minimum Gasteiger partial charge on any atom is -0.457 e. The third kappa shape index (κ3) is 6.50. The lowest BCUT2D eigenvalue weighted by molar-refractivity contribution is -0.130. The number of carbonyl (C=O) groups excluding carboxylic acids is 3. The first-order chi connectivity index (χ1) is 19.9. The fraction of sp³-hybridized carbons (Fsp3) is 0.152. The molecule has 206 valence electrons. The number of hydrogen-bond donors (Lipinski definition) is 2. The van der Waals surface area contributed by atoms with Crippen molar-refractivity contribution in [2.75, 3.05) is 11.9 Å². The van der Waals surface area contributed by atoms with Gasteiger partial charge in [-0.1, -0.05) is 78.9 Å². The molecule has 0 aliphatic carbocycles. The lowest BCUT2D eigenvalue weighted by Gasteiger charge is -2.22. The lowest BCUT2D eigenvalue weighted by Crippen LogP contribution is -2.52. The first-order valence-corrected chi connectivity index (χ1v) is 13.3. The van der Waals surface area contributed by atoms with Gasteiger partial charge in [-0.2, -0.15) is 0 Å². The number of ether oxygens (including phenoxy) is 1. The summed E-state index contributed by atoms with van der Waals surface area (Å²) in [6.45, 7) is 1.57. The number of fused-ring (bicyclic) bond motifs is 1. The van der Waals surface area contributed by atoms with E-state index in [4.69, 9.17) is 9.73 Å². The second kappa shape index (κ2) is 12.3. The van der Waals surface area contributed by atoms with E-state index < -0.39 is 18.1 Å². The third-order valence-corrected chi connectivity index (χ3v) is 6.71. The molecule has 4 aromatic carbocycles. The second-order valence-corrected chi connectivity index (χ2v) is 9.69. The van der Waals surface area contributed by atoms with E-state index in [1.54, 1.807) is 38.2 Å². The standard InChI is InChI=1S/C33H30N4O4/c1-22(34-29(38)21-23-17-19-26(20-18-23)41-25-13-7-4-8-14-25)32(39)36-31-33(40)37(2)28-16-10-9-15-27(28)30(35-31)24-11-5-3-6-12-24/h3-20,22,31H,21H2,1-2H3,(H,34,38)(H,36,39)/t22-,31?/m0/s1. The normalized spacial score (nSPS) is 15.2. The minimum atomic E-state index is -1.16. The Kier molecular flexibility index (Phi) is 8.20. The van der Waals surface area contributed by atoms with Crippen molar-refractivity contribution >= 4 is 29.1 Å². The highest BCUT2D eigenvalue weighted by Gasteiger charge is 2.32. The van der Waals surface area contributed by atoms with Crippen molar-refractivity contribution in [3.63, 3.8) is 0 Å². The van der Waals surface area contributed by atoms with Crippen LogP contribution in [0.1, 0.15) is 23.6 Å². The Morgan fingerprint density at radius 1 is 0.854 bits per heavy atom. The van der Waals surface area contributed by atoms with Gasteiger partial charge < -0.3 is 20.3 Å². The van der Waals surface area contributed by atoms with E-state index in [9.17, 15) is 14.4 Å². The molecule has 2 N–H and O–H groups in total. The van der Waals surface area contributed by atoms with Gasteiger partial charge in [-0.15, -0.1) is 0 Å². The van der Waals surface area contributed by atoms with Crippen LogP contribution in [0.15, 0.2) is 114 Å². The zero-order valence-corrected chi connectivity index (χ0v) is 22.8. The summed E-state index contributed by atoms with van der Waals surface area (Å²) in [5.41, 5.74) is 3.67. The quantitative estimate of drug-likeness (QED) is 0.340. The Morgan fingerprint density at radius 3 is 2.17 bits per heavy atom. The Bertz CT molecular complexity index is 1570. The van der Waals surface area contributed by atoms with Gasteiger partial charge in [0.2, 0.25) is 18.0 Å². The molecule has 5 rings (SSSR count). The first-order valence-electron chi connectivity index (χ1n) is 13.3. The highest BCUT2D eigenvalue weighted by atomic mass is 16.5. The van der Waals surface area contributed by atoms with Crippen LogP contribution in [-0.4, -0.2) is 42.7 Å². The number of amides is 3. The average Bonchev–Trinajstić information content (AvgIpc) is 3.09. The van der Waals surface area contributed by atoms with Crippen molar-refractivity contribution in [1.82, 2.24) is 10.6 Å². The molecule has 8 nitrogen and oxygen atoms in total. The van der Waals surface area contributed by atoms with Crippen molar-refractivity contribution in [3.8, 4) is 11.5 Å². The van der Waals surface area contributed by atoms with Gasteiger partial charge in [0.25, 0.3) is 5.91 Å². The van der Waals surface area contributed by atoms with Crippen molar-refractivity contribution in [2.45, 2.75) is 25.6 Å². The van der Waals surface area contributed by atoms with Gasteiger partial charge in [0.05, 0.1) is 17.8 Å². The summed E-state index contributed by atoms with van der Waals surface area (Å²) < 4.78 is 5.79. The van der Waals surface area contributed by atoms with E-state index in [2.05, 4.69) is 10.6 Å². The number of nitrogens with zero attached hydrogens (tertiary/aromatic N) is 2. The van der Waals surface area contributed by atoms with Gasteiger partial charge in [-0.3, -0.25) is 14.4 Å². The molecule has 1 aliphatic rings. The zero-order valence-electron chi connectivity index (χ0n) is 22.8. The number of benzene rings is 4. The number of aliphatic imine (C=N–C) groups is 1. The Hall–Kier alpha value is -5.24. The number of likely N-dealkylation sites (N-methyl/N-ethyl adjacent to an activating group) is 1. The second-order valence-electron chi connectivity index (χ2n) is 9.69. The van der Waals surface area contributed by atoms with E-state index >= 15 is 0 Å². The molecule has 8 heteroatoms. The molecule has 0 spiro atoms. The molecule has 0 bridgehead atoms. The fourth-order valence-corrected chi connectivity index (χ4v) is 4.55. The van der Waals surface area contributed by atoms with Crippen LogP contribution in [0.4, 0.5) is 5.69 Å². The van der Waals surface area contributed by atoms with Gasteiger partial charge in [0.1, 0.15) is 17.5 Å². The topological polar surface area (TPSA) is 100 Å². The fourth-order valence-electron chi connectivity index (χ4n) is 4.55. The molecular weight excluding hydrogens is 516 g/mol. The average molecular weight is 547 g/mol. The first kappa shape index (κ1) is 27.3. The van der Waals surface area contributed by atoms with Crippen molar-refractivity contribution in [1.29, 1.82) is 0 Å². The highest BCUT2D eigenvalue weighted by Crippen LogP contribution is 2.27. The van der Waals surface area contributed by atoms with Gasteiger partial charge in [0, 0.05) is 18.2 Å². The predicted octanol–water partition coefficient (Wildman–Crippen LogP) is 4.48. The van der Waals surface area contributed by atoms with Crippen molar-refractivity contribution in [2.24, 2.45) is 4.99 Å². The minimum absolute atomic E-state index is 0.0833. The molecule has 1 heterocycles. The van der Waals surface area contributed by atoms with Gasteiger partial charge in [-0.05, 0) is 42.8 Å². The largest absolute Gasteiger partial charge is 0.457 e. The maximum atomic E-state index is 13.4. The van der Waals surface area contributed by atoms with Crippen molar-refractivity contribution in [3.05, 3.63) is 126 Å². The number of hydrogen-bond acceptors (Lipinski definition) is 5. The molecule has 0 aromatic heterocycles. The number of anilines is 1. The summed E-state index contributed by atoms with van der Waals surface area (Å²) in [6, 6.07) is 32.7. The van der Waals surface area contributed by atoms with Gasteiger partial charge >= 0.3 is 0 Å². The van der Waals surface area contributed by atoms with Crippen LogP contribution in [0, 0.1) is 0 Å². The van der Waals surface area contributed by atoms with Crippen molar-refractivity contribution < 1.29 is 19.1 Å². The molecule has 4 aromatic rings. The zero-order chi connectivity index (χ0) is 28.8. The van der Waals surface area contributed by atoms with Crippen LogP contribution in [0.2, 0.25) is 0 Å². The van der Waals surface area contributed by atoms with E-state index in [1.807, 2.05) is 84.9 Å². The number of carbonyl (C=O) groups is 3. The molecule has 0 radical (unpaired) electrons. The van der Waals surface area contributed by atoms with Crippen LogP contribution in [0.3, 0.4) is 0 Å². The SMILES string of the molecule is C[C@H](NC(=O)Cc1ccc(Oc2ccccc2)cc1)C(=O)NC1N=C(c2ccccc2)c2ccccc2N(C)C1=O. The molecule has 0 fully saturated rings. The molecule has 0 saturated heterocycles. The number of benzodiazepines with no additional fused rings is 1.